The van der Waals surface area contributed by atoms with Crippen LogP contribution in [0.15, 0.2) is 51.8 Å². The SMILES string of the molecule is NC(CSc1ccc(Br)cc1)c1ccc2c(c1)CCO2. The molecule has 0 fully saturated rings. The topological polar surface area (TPSA) is 35.2 Å². The van der Waals surface area contributed by atoms with E-state index in [-0.39, 0.29) is 6.04 Å². The van der Waals surface area contributed by atoms with Gasteiger partial charge in [-0.3, -0.25) is 0 Å². The molecule has 2 N–H and O–H groups in total. The van der Waals surface area contributed by atoms with Crippen molar-refractivity contribution in [3.8, 4) is 5.75 Å². The first-order valence-electron chi connectivity index (χ1n) is 6.62. The highest BCUT2D eigenvalue weighted by Crippen LogP contribution is 2.30. The molecule has 2 aromatic rings. The van der Waals surface area contributed by atoms with Crippen LogP contribution >= 0.6 is 27.7 Å². The van der Waals surface area contributed by atoms with Crippen LogP contribution in [-0.4, -0.2) is 12.4 Å². The van der Waals surface area contributed by atoms with Crippen molar-refractivity contribution in [2.75, 3.05) is 12.4 Å². The molecule has 2 nitrogen and oxygen atoms in total. The zero-order chi connectivity index (χ0) is 13.9. The van der Waals surface area contributed by atoms with E-state index in [1.165, 1.54) is 16.0 Å². The second kappa shape index (κ2) is 6.20. The van der Waals surface area contributed by atoms with E-state index in [2.05, 4.69) is 52.3 Å². The molecule has 0 amide bonds. The molecule has 0 saturated heterocycles. The largest absolute Gasteiger partial charge is 0.493 e. The number of fused-ring (bicyclic) bond motifs is 1. The van der Waals surface area contributed by atoms with Gasteiger partial charge in [0.05, 0.1) is 6.61 Å². The maximum Gasteiger partial charge on any atom is 0.122 e. The molecule has 0 radical (unpaired) electrons. The lowest BCUT2D eigenvalue weighted by Gasteiger charge is -2.13. The van der Waals surface area contributed by atoms with Crippen molar-refractivity contribution in [2.24, 2.45) is 5.73 Å². The minimum Gasteiger partial charge on any atom is -0.493 e. The second-order valence-corrected chi connectivity index (χ2v) is 6.85. The monoisotopic (exact) mass is 349 g/mol. The number of ether oxygens (including phenoxy) is 1. The van der Waals surface area contributed by atoms with Crippen LogP contribution in [0, 0.1) is 0 Å². The highest BCUT2D eigenvalue weighted by atomic mass is 79.9. The molecule has 1 atom stereocenters. The summed E-state index contributed by atoms with van der Waals surface area (Å²) in [5.41, 5.74) is 8.77. The van der Waals surface area contributed by atoms with Gasteiger partial charge in [-0.15, -0.1) is 11.8 Å². The molecule has 0 bridgehead atoms. The number of hydrogen-bond donors (Lipinski definition) is 1. The number of nitrogens with two attached hydrogens (primary N) is 1. The lowest BCUT2D eigenvalue weighted by atomic mass is 10.0. The fourth-order valence-corrected chi connectivity index (χ4v) is 3.41. The van der Waals surface area contributed by atoms with Crippen LogP contribution in [0.1, 0.15) is 17.2 Å². The van der Waals surface area contributed by atoms with Gasteiger partial charge in [0.15, 0.2) is 0 Å². The Balaban J connectivity index is 1.64. The predicted octanol–water partition coefficient (Wildman–Crippen LogP) is 4.18. The molecule has 0 spiro atoms. The first-order chi connectivity index (χ1) is 9.72. The van der Waals surface area contributed by atoms with Crippen molar-refractivity contribution in [3.63, 3.8) is 0 Å². The van der Waals surface area contributed by atoms with Gasteiger partial charge in [0.1, 0.15) is 5.75 Å². The van der Waals surface area contributed by atoms with Crippen LogP contribution in [0.4, 0.5) is 0 Å². The minimum atomic E-state index is 0.0505. The average molecular weight is 350 g/mol. The smallest absolute Gasteiger partial charge is 0.122 e. The standard InChI is InChI=1S/C16H16BrNOS/c17-13-2-4-14(5-3-13)20-10-15(18)11-1-6-16-12(9-11)7-8-19-16/h1-6,9,15H,7-8,10,18H2. The number of thioether (sulfide) groups is 1. The number of halogens is 1. The van der Waals surface area contributed by atoms with E-state index in [0.717, 1.165) is 29.0 Å². The van der Waals surface area contributed by atoms with Crippen LogP contribution < -0.4 is 10.5 Å². The first kappa shape index (κ1) is 14.0. The first-order valence-corrected chi connectivity index (χ1v) is 8.40. The molecule has 2 aromatic carbocycles. The van der Waals surface area contributed by atoms with Crippen molar-refractivity contribution in [3.05, 3.63) is 58.1 Å². The van der Waals surface area contributed by atoms with E-state index in [1.807, 2.05) is 6.07 Å². The molecular formula is C16H16BrNOS. The summed E-state index contributed by atoms with van der Waals surface area (Å²) in [6.07, 6.45) is 0.996. The summed E-state index contributed by atoms with van der Waals surface area (Å²) < 4.78 is 6.62. The third-order valence-electron chi connectivity index (χ3n) is 3.38. The molecule has 0 aromatic heterocycles. The fraction of sp³-hybridized carbons (Fsp3) is 0.250. The molecule has 1 heterocycles. The molecule has 0 saturated carbocycles. The Kier molecular flexibility index (Phi) is 4.34. The van der Waals surface area contributed by atoms with E-state index in [4.69, 9.17) is 10.5 Å². The molecule has 1 unspecified atom stereocenters. The van der Waals surface area contributed by atoms with Crippen molar-refractivity contribution >= 4 is 27.7 Å². The number of rotatable bonds is 4. The molecule has 1 aliphatic rings. The molecule has 1 aliphatic heterocycles. The van der Waals surface area contributed by atoms with Gasteiger partial charge in [-0.1, -0.05) is 28.1 Å². The van der Waals surface area contributed by atoms with Crippen LogP contribution in [-0.2, 0) is 6.42 Å². The van der Waals surface area contributed by atoms with Gasteiger partial charge in [-0.2, -0.15) is 0 Å². The van der Waals surface area contributed by atoms with Gasteiger partial charge in [-0.25, -0.2) is 0 Å². The summed E-state index contributed by atoms with van der Waals surface area (Å²) in [6, 6.07) is 14.7. The van der Waals surface area contributed by atoms with Crippen LogP contribution in [0.5, 0.6) is 5.75 Å². The lowest BCUT2D eigenvalue weighted by Crippen LogP contribution is -2.13. The molecule has 0 aliphatic carbocycles. The number of hydrogen-bond acceptors (Lipinski definition) is 3. The third kappa shape index (κ3) is 3.19. The Morgan fingerprint density at radius 2 is 2.00 bits per heavy atom. The minimum absolute atomic E-state index is 0.0505. The molecular weight excluding hydrogens is 334 g/mol. The fourth-order valence-electron chi connectivity index (χ4n) is 2.25. The maximum atomic E-state index is 6.30. The van der Waals surface area contributed by atoms with Gasteiger partial charge >= 0.3 is 0 Å². The summed E-state index contributed by atoms with van der Waals surface area (Å²) in [5.74, 6) is 1.89. The summed E-state index contributed by atoms with van der Waals surface area (Å²) >= 11 is 5.23. The summed E-state index contributed by atoms with van der Waals surface area (Å²) in [5, 5.41) is 0. The van der Waals surface area contributed by atoms with Crippen molar-refractivity contribution in [1.82, 2.24) is 0 Å². The van der Waals surface area contributed by atoms with E-state index in [9.17, 15) is 0 Å². The quantitative estimate of drug-likeness (QED) is 0.841. The van der Waals surface area contributed by atoms with Crippen molar-refractivity contribution in [2.45, 2.75) is 17.4 Å². The Bertz CT molecular complexity index is 600. The van der Waals surface area contributed by atoms with Crippen molar-refractivity contribution < 1.29 is 4.74 Å². The Labute approximate surface area is 131 Å². The van der Waals surface area contributed by atoms with Crippen LogP contribution in [0.25, 0.3) is 0 Å². The third-order valence-corrected chi connectivity index (χ3v) is 5.04. The normalized spacial score (nSPS) is 14.7. The van der Waals surface area contributed by atoms with Crippen LogP contribution in [0.3, 0.4) is 0 Å². The van der Waals surface area contributed by atoms with Gasteiger partial charge in [0.2, 0.25) is 0 Å². The van der Waals surface area contributed by atoms with Gasteiger partial charge < -0.3 is 10.5 Å². The van der Waals surface area contributed by atoms with Gasteiger partial charge in [-0.05, 0) is 41.5 Å². The van der Waals surface area contributed by atoms with Gasteiger partial charge in [0.25, 0.3) is 0 Å². The van der Waals surface area contributed by atoms with Crippen LogP contribution in [0.2, 0.25) is 0 Å². The maximum absolute atomic E-state index is 6.30. The molecule has 104 valence electrons. The van der Waals surface area contributed by atoms with E-state index >= 15 is 0 Å². The Morgan fingerprint density at radius 1 is 1.20 bits per heavy atom. The van der Waals surface area contributed by atoms with E-state index in [1.54, 1.807) is 11.8 Å². The summed E-state index contributed by atoms with van der Waals surface area (Å²) in [7, 11) is 0. The second-order valence-electron chi connectivity index (χ2n) is 4.84. The lowest BCUT2D eigenvalue weighted by molar-refractivity contribution is 0.357. The zero-order valence-corrected chi connectivity index (χ0v) is 13.4. The van der Waals surface area contributed by atoms with E-state index in [0.29, 0.717) is 0 Å². The van der Waals surface area contributed by atoms with E-state index < -0.39 is 0 Å². The molecule has 4 heteroatoms. The zero-order valence-electron chi connectivity index (χ0n) is 11.0. The molecule has 3 rings (SSSR count). The summed E-state index contributed by atoms with van der Waals surface area (Å²) in [4.78, 5) is 1.24. The summed E-state index contributed by atoms with van der Waals surface area (Å²) in [6.45, 7) is 0.793. The van der Waals surface area contributed by atoms with Crippen molar-refractivity contribution in [1.29, 1.82) is 0 Å². The average Bonchev–Trinajstić information content (AvgIpc) is 2.93. The highest BCUT2D eigenvalue weighted by molar-refractivity contribution is 9.10. The Morgan fingerprint density at radius 3 is 2.80 bits per heavy atom. The predicted molar refractivity (Wildman–Crippen MR) is 87.4 cm³/mol. The van der Waals surface area contributed by atoms with Gasteiger partial charge in [0, 0.05) is 27.6 Å². The highest BCUT2D eigenvalue weighted by Gasteiger charge is 2.14. The Hall–Kier alpha value is -0.970. The number of benzene rings is 2. The molecule has 20 heavy (non-hydrogen) atoms.